The standard InChI is InChI=1S/C15H21BrFN/c1-11-9-15(17)4-3-14(11)10-18-7-5-13(6-8-18)12(2)16/h3-4,9,12-13H,5-8,10H2,1-2H3. The summed E-state index contributed by atoms with van der Waals surface area (Å²) >= 11 is 3.68. The lowest BCUT2D eigenvalue weighted by atomic mass is 9.94. The Morgan fingerprint density at radius 2 is 2.06 bits per heavy atom. The number of nitrogens with zero attached hydrogens (tertiary/aromatic N) is 1. The molecular formula is C15H21BrFN. The Balaban J connectivity index is 1.91. The van der Waals surface area contributed by atoms with E-state index in [0.29, 0.717) is 4.83 Å². The number of aryl methyl sites for hydroxylation is 1. The number of likely N-dealkylation sites (tertiary alicyclic amines) is 1. The van der Waals surface area contributed by atoms with Gasteiger partial charge in [0.2, 0.25) is 0 Å². The van der Waals surface area contributed by atoms with E-state index in [1.54, 1.807) is 12.1 Å². The molecule has 1 fully saturated rings. The van der Waals surface area contributed by atoms with Gasteiger partial charge in [-0.1, -0.05) is 28.9 Å². The number of rotatable bonds is 3. The molecule has 18 heavy (non-hydrogen) atoms. The van der Waals surface area contributed by atoms with Crippen LogP contribution in [0.25, 0.3) is 0 Å². The molecule has 0 spiro atoms. The minimum absolute atomic E-state index is 0.136. The van der Waals surface area contributed by atoms with E-state index in [2.05, 4.69) is 27.8 Å². The van der Waals surface area contributed by atoms with Crippen molar-refractivity contribution in [2.45, 2.75) is 38.1 Å². The molecule has 1 aromatic carbocycles. The first-order chi connectivity index (χ1) is 8.56. The number of hydrogen-bond donors (Lipinski definition) is 0. The van der Waals surface area contributed by atoms with Crippen molar-refractivity contribution in [3.8, 4) is 0 Å². The molecule has 1 aliphatic heterocycles. The molecule has 1 heterocycles. The molecule has 1 atom stereocenters. The Morgan fingerprint density at radius 1 is 1.39 bits per heavy atom. The van der Waals surface area contributed by atoms with E-state index < -0.39 is 0 Å². The van der Waals surface area contributed by atoms with Gasteiger partial charge in [-0.25, -0.2) is 4.39 Å². The molecule has 0 aliphatic carbocycles. The van der Waals surface area contributed by atoms with Crippen molar-refractivity contribution in [2.24, 2.45) is 5.92 Å². The molecule has 0 N–H and O–H groups in total. The van der Waals surface area contributed by atoms with Crippen LogP contribution in [-0.2, 0) is 6.54 Å². The maximum atomic E-state index is 13.0. The maximum Gasteiger partial charge on any atom is 0.123 e. The largest absolute Gasteiger partial charge is 0.299 e. The number of piperidine rings is 1. The van der Waals surface area contributed by atoms with Gasteiger partial charge in [0, 0.05) is 11.4 Å². The van der Waals surface area contributed by atoms with Gasteiger partial charge in [0.15, 0.2) is 0 Å². The highest BCUT2D eigenvalue weighted by molar-refractivity contribution is 9.09. The van der Waals surface area contributed by atoms with Crippen molar-refractivity contribution in [3.63, 3.8) is 0 Å². The summed E-state index contributed by atoms with van der Waals surface area (Å²) in [5.74, 6) is 0.665. The number of hydrogen-bond acceptors (Lipinski definition) is 1. The van der Waals surface area contributed by atoms with Crippen LogP contribution in [0.4, 0.5) is 4.39 Å². The predicted molar refractivity (Wildman–Crippen MR) is 77.5 cm³/mol. The molecule has 0 saturated carbocycles. The van der Waals surface area contributed by atoms with E-state index in [1.165, 1.54) is 18.4 Å². The Bertz CT molecular complexity index is 397. The molecule has 2 rings (SSSR count). The first-order valence-electron chi connectivity index (χ1n) is 6.67. The van der Waals surface area contributed by atoms with E-state index >= 15 is 0 Å². The maximum absolute atomic E-state index is 13.0. The monoisotopic (exact) mass is 313 g/mol. The molecule has 1 nitrogen and oxygen atoms in total. The Hall–Kier alpha value is -0.410. The molecule has 0 aromatic heterocycles. The van der Waals surface area contributed by atoms with Gasteiger partial charge in [-0.15, -0.1) is 0 Å². The third-order valence-corrected chi connectivity index (χ3v) is 4.73. The van der Waals surface area contributed by atoms with Gasteiger partial charge in [-0.3, -0.25) is 4.90 Å². The van der Waals surface area contributed by atoms with Crippen LogP contribution in [0.15, 0.2) is 18.2 Å². The Labute approximate surface area is 118 Å². The van der Waals surface area contributed by atoms with Crippen molar-refractivity contribution in [1.29, 1.82) is 0 Å². The van der Waals surface area contributed by atoms with Gasteiger partial charge in [0.1, 0.15) is 5.82 Å². The highest BCUT2D eigenvalue weighted by Crippen LogP contribution is 2.26. The minimum Gasteiger partial charge on any atom is -0.299 e. The van der Waals surface area contributed by atoms with E-state index in [0.717, 1.165) is 31.1 Å². The van der Waals surface area contributed by atoms with Gasteiger partial charge in [-0.05, 0) is 62.0 Å². The van der Waals surface area contributed by atoms with E-state index in [-0.39, 0.29) is 5.82 Å². The molecule has 100 valence electrons. The van der Waals surface area contributed by atoms with Crippen LogP contribution in [0.3, 0.4) is 0 Å². The molecule has 1 unspecified atom stereocenters. The first-order valence-corrected chi connectivity index (χ1v) is 7.59. The SMILES string of the molecule is Cc1cc(F)ccc1CN1CCC(C(C)Br)CC1. The highest BCUT2D eigenvalue weighted by Gasteiger charge is 2.22. The molecule has 1 saturated heterocycles. The van der Waals surface area contributed by atoms with Gasteiger partial charge in [-0.2, -0.15) is 0 Å². The van der Waals surface area contributed by atoms with Crippen molar-refractivity contribution >= 4 is 15.9 Å². The molecule has 1 aliphatic rings. The van der Waals surface area contributed by atoms with Gasteiger partial charge >= 0.3 is 0 Å². The minimum atomic E-state index is -0.136. The number of alkyl halides is 1. The van der Waals surface area contributed by atoms with Crippen molar-refractivity contribution in [3.05, 3.63) is 35.1 Å². The summed E-state index contributed by atoms with van der Waals surface area (Å²) in [6.07, 6.45) is 2.51. The van der Waals surface area contributed by atoms with Gasteiger partial charge in [0.05, 0.1) is 0 Å². The summed E-state index contributed by atoms with van der Waals surface area (Å²) < 4.78 is 13.0. The fourth-order valence-corrected chi connectivity index (χ4v) is 3.18. The van der Waals surface area contributed by atoms with E-state index in [4.69, 9.17) is 0 Å². The highest BCUT2D eigenvalue weighted by atomic mass is 79.9. The molecule has 0 radical (unpaired) electrons. The van der Waals surface area contributed by atoms with Crippen molar-refractivity contribution in [1.82, 2.24) is 4.90 Å². The first kappa shape index (κ1) is 14.0. The van der Waals surface area contributed by atoms with Crippen LogP contribution in [0.2, 0.25) is 0 Å². The summed E-state index contributed by atoms with van der Waals surface area (Å²) in [6.45, 7) is 7.49. The molecule has 0 bridgehead atoms. The summed E-state index contributed by atoms with van der Waals surface area (Å²) in [6, 6.07) is 5.11. The second-order valence-electron chi connectivity index (χ2n) is 5.36. The van der Waals surface area contributed by atoms with E-state index in [1.807, 2.05) is 13.0 Å². The number of benzene rings is 1. The lowest BCUT2D eigenvalue weighted by molar-refractivity contribution is 0.178. The zero-order chi connectivity index (χ0) is 13.1. The zero-order valence-corrected chi connectivity index (χ0v) is 12.7. The van der Waals surface area contributed by atoms with Gasteiger partial charge in [0.25, 0.3) is 0 Å². The van der Waals surface area contributed by atoms with E-state index in [9.17, 15) is 4.39 Å². The predicted octanol–water partition coefficient (Wildman–Crippen LogP) is 4.13. The fraction of sp³-hybridized carbons (Fsp3) is 0.600. The lowest BCUT2D eigenvalue weighted by Gasteiger charge is -2.33. The van der Waals surface area contributed by atoms with Crippen LogP contribution >= 0.6 is 15.9 Å². The Kier molecular flexibility index (Phi) is 4.79. The average molecular weight is 314 g/mol. The molecule has 1 aromatic rings. The lowest BCUT2D eigenvalue weighted by Crippen LogP contribution is -2.35. The third-order valence-electron chi connectivity index (χ3n) is 3.98. The third kappa shape index (κ3) is 3.55. The Morgan fingerprint density at radius 3 is 2.61 bits per heavy atom. The van der Waals surface area contributed by atoms with Crippen LogP contribution in [0.5, 0.6) is 0 Å². The van der Waals surface area contributed by atoms with Crippen LogP contribution in [0, 0.1) is 18.7 Å². The average Bonchev–Trinajstić information content (AvgIpc) is 2.33. The fourth-order valence-electron chi connectivity index (χ4n) is 2.65. The normalized spacial score (nSPS) is 20.0. The van der Waals surface area contributed by atoms with Crippen molar-refractivity contribution < 1.29 is 4.39 Å². The van der Waals surface area contributed by atoms with Gasteiger partial charge < -0.3 is 0 Å². The molecule has 3 heteroatoms. The smallest absolute Gasteiger partial charge is 0.123 e. The summed E-state index contributed by atoms with van der Waals surface area (Å²) in [5.41, 5.74) is 2.31. The molecule has 0 amide bonds. The quantitative estimate of drug-likeness (QED) is 0.758. The van der Waals surface area contributed by atoms with Crippen LogP contribution in [-0.4, -0.2) is 22.8 Å². The molecular weight excluding hydrogens is 293 g/mol. The zero-order valence-electron chi connectivity index (χ0n) is 11.1. The topological polar surface area (TPSA) is 3.24 Å². The summed E-state index contributed by atoms with van der Waals surface area (Å²) in [5, 5.41) is 0. The summed E-state index contributed by atoms with van der Waals surface area (Å²) in [4.78, 5) is 3.10. The second-order valence-corrected chi connectivity index (χ2v) is 6.81. The van der Waals surface area contributed by atoms with Crippen LogP contribution < -0.4 is 0 Å². The van der Waals surface area contributed by atoms with Crippen LogP contribution in [0.1, 0.15) is 30.9 Å². The van der Waals surface area contributed by atoms with Crippen molar-refractivity contribution in [2.75, 3.05) is 13.1 Å². The number of halogens is 2. The second kappa shape index (κ2) is 6.16. The summed E-state index contributed by atoms with van der Waals surface area (Å²) in [7, 11) is 0.